The summed E-state index contributed by atoms with van der Waals surface area (Å²) >= 11 is 1.70. The van der Waals surface area contributed by atoms with Crippen LogP contribution in [0.3, 0.4) is 0 Å². The maximum atomic E-state index is 13.0. The van der Waals surface area contributed by atoms with Gasteiger partial charge in [-0.1, -0.05) is 17.7 Å². The van der Waals surface area contributed by atoms with E-state index in [-0.39, 0.29) is 11.8 Å². The standard InChI is InChI=1S/C22H25N3OS/c1-16-7-8-20-19(13-16)21(9-10-23-20)25-11-3-5-17(14-25)22(26)24(2)15-18-6-4-12-27-18/h4,6-10,12-13,17H,3,5,11,14-15H2,1-2H3. The molecule has 1 aliphatic heterocycles. The molecule has 1 atom stereocenters. The molecule has 0 radical (unpaired) electrons. The molecule has 0 aliphatic carbocycles. The fourth-order valence-corrected chi connectivity index (χ4v) is 4.70. The number of piperidine rings is 1. The van der Waals surface area contributed by atoms with Gasteiger partial charge in [0.25, 0.3) is 0 Å². The van der Waals surface area contributed by atoms with Crippen molar-refractivity contribution in [3.63, 3.8) is 0 Å². The Morgan fingerprint density at radius 3 is 3.04 bits per heavy atom. The van der Waals surface area contributed by atoms with Gasteiger partial charge in [0.05, 0.1) is 18.0 Å². The molecule has 3 heterocycles. The maximum absolute atomic E-state index is 13.0. The van der Waals surface area contributed by atoms with Gasteiger partial charge in [0.2, 0.25) is 5.91 Å². The fraction of sp³-hybridized carbons (Fsp3) is 0.364. The highest BCUT2D eigenvalue weighted by atomic mass is 32.1. The number of hydrogen-bond acceptors (Lipinski definition) is 4. The topological polar surface area (TPSA) is 36.4 Å². The van der Waals surface area contributed by atoms with Crippen LogP contribution in [0, 0.1) is 12.8 Å². The highest BCUT2D eigenvalue weighted by Crippen LogP contribution is 2.30. The Balaban J connectivity index is 1.53. The summed E-state index contributed by atoms with van der Waals surface area (Å²) < 4.78 is 0. The lowest BCUT2D eigenvalue weighted by molar-refractivity contribution is -0.134. The van der Waals surface area contributed by atoms with E-state index in [4.69, 9.17) is 0 Å². The lowest BCUT2D eigenvalue weighted by Gasteiger charge is -2.35. The number of carbonyl (C=O) groups is 1. The Morgan fingerprint density at radius 2 is 2.22 bits per heavy atom. The van der Waals surface area contributed by atoms with Crippen molar-refractivity contribution in [1.29, 1.82) is 0 Å². The molecule has 1 aliphatic rings. The number of rotatable bonds is 4. The van der Waals surface area contributed by atoms with Crippen molar-refractivity contribution in [2.45, 2.75) is 26.3 Å². The van der Waals surface area contributed by atoms with Crippen molar-refractivity contribution in [2.75, 3.05) is 25.0 Å². The molecule has 140 valence electrons. The Hall–Kier alpha value is -2.40. The van der Waals surface area contributed by atoms with E-state index in [1.54, 1.807) is 11.3 Å². The molecule has 5 heteroatoms. The second-order valence-electron chi connectivity index (χ2n) is 7.41. The van der Waals surface area contributed by atoms with Crippen molar-refractivity contribution in [2.24, 2.45) is 5.92 Å². The third-order valence-corrected chi connectivity index (χ3v) is 6.20. The molecule has 1 aromatic carbocycles. The first kappa shape index (κ1) is 18.0. The number of aryl methyl sites for hydroxylation is 1. The fourth-order valence-electron chi connectivity index (χ4n) is 3.94. The zero-order valence-electron chi connectivity index (χ0n) is 15.9. The van der Waals surface area contributed by atoms with E-state index in [0.717, 1.165) is 31.4 Å². The Bertz CT molecular complexity index is 938. The monoisotopic (exact) mass is 379 g/mol. The molecule has 3 aromatic rings. The van der Waals surface area contributed by atoms with Crippen LogP contribution in [0.1, 0.15) is 23.3 Å². The summed E-state index contributed by atoms with van der Waals surface area (Å²) in [6, 6.07) is 12.6. The summed E-state index contributed by atoms with van der Waals surface area (Å²) in [7, 11) is 1.92. The van der Waals surface area contributed by atoms with E-state index in [9.17, 15) is 4.79 Å². The molecule has 27 heavy (non-hydrogen) atoms. The molecule has 0 spiro atoms. The number of aromatic nitrogens is 1. The number of thiophene rings is 1. The predicted octanol–water partition coefficient (Wildman–Crippen LogP) is 4.48. The van der Waals surface area contributed by atoms with Crippen LogP contribution in [0.5, 0.6) is 0 Å². The molecule has 0 saturated carbocycles. The molecule has 0 bridgehead atoms. The first-order chi connectivity index (χ1) is 13.1. The van der Waals surface area contributed by atoms with E-state index in [0.29, 0.717) is 6.54 Å². The summed E-state index contributed by atoms with van der Waals surface area (Å²) in [5, 5.41) is 3.24. The summed E-state index contributed by atoms with van der Waals surface area (Å²) in [5.74, 6) is 0.305. The molecule has 2 aromatic heterocycles. The molecule has 0 N–H and O–H groups in total. The SMILES string of the molecule is Cc1ccc2nccc(N3CCCC(C(=O)N(C)Cc4cccs4)C3)c2c1. The van der Waals surface area contributed by atoms with Gasteiger partial charge < -0.3 is 9.80 Å². The van der Waals surface area contributed by atoms with Crippen LogP contribution < -0.4 is 4.90 Å². The van der Waals surface area contributed by atoms with Gasteiger partial charge in [-0.05, 0) is 49.4 Å². The highest BCUT2D eigenvalue weighted by Gasteiger charge is 2.29. The minimum Gasteiger partial charge on any atom is -0.370 e. The average molecular weight is 380 g/mol. The second kappa shape index (κ2) is 7.69. The van der Waals surface area contributed by atoms with E-state index >= 15 is 0 Å². The quantitative estimate of drug-likeness (QED) is 0.671. The van der Waals surface area contributed by atoms with Gasteiger partial charge in [0.15, 0.2) is 0 Å². The van der Waals surface area contributed by atoms with Crippen LogP contribution in [0.15, 0.2) is 48.0 Å². The first-order valence-corrected chi connectivity index (χ1v) is 10.4. The lowest BCUT2D eigenvalue weighted by atomic mass is 9.95. The van der Waals surface area contributed by atoms with Crippen molar-refractivity contribution in [3.05, 3.63) is 58.4 Å². The third kappa shape index (κ3) is 3.83. The number of benzene rings is 1. The van der Waals surface area contributed by atoms with Crippen LogP contribution in [0.4, 0.5) is 5.69 Å². The molecule has 4 rings (SSSR count). The number of fused-ring (bicyclic) bond motifs is 1. The maximum Gasteiger partial charge on any atom is 0.227 e. The third-order valence-electron chi connectivity index (χ3n) is 5.33. The lowest BCUT2D eigenvalue weighted by Crippen LogP contribution is -2.43. The van der Waals surface area contributed by atoms with Crippen LogP contribution in [-0.2, 0) is 11.3 Å². The van der Waals surface area contributed by atoms with Crippen LogP contribution in [-0.4, -0.2) is 35.9 Å². The normalized spacial score (nSPS) is 17.3. The molecule has 1 saturated heterocycles. The van der Waals surface area contributed by atoms with Crippen LogP contribution >= 0.6 is 11.3 Å². The summed E-state index contributed by atoms with van der Waals surface area (Å²) in [5.41, 5.74) is 3.44. The van der Waals surface area contributed by atoms with Crippen molar-refractivity contribution in [3.8, 4) is 0 Å². The number of nitrogens with zero attached hydrogens (tertiary/aromatic N) is 3. The molecular formula is C22H25N3OS. The zero-order chi connectivity index (χ0) is 18.8. The Kier molecular flexibility index (Phi) is 5.12. The largest absolute Gasteiger partial charge is 0.370 e. The second-order valence-corrected chi connectivity index (χ2v) is 8.44. The zero-order valence-corrected chi connectivity index (χ0v) is 16.7. The summed E-state index contributed by atoms with van der Waals surface area (Å²) in [4.78, 5) is 23.0. The van der Waals surface area contributed by atoms with Crippen LogP contribution in [0.25, 0.3) is 10.9 Å². The van der Waals surface area contributed by atoms with Gasteiger partial charge >= 0.3 is 0 Å². The van der Waals surface area contributed by atoms with Crippen molar-refractivity contribution >= 4 is 33.8 Å². The minimum absolute atomic E-state index is 0.0525. The molecule has 1 unspecified atom stereocenters. The molecule has 1 fully saturated rings. The van der Waals surface area contributed by atoms with E-state index in [1.165, 1.54) is 21.5 Å². The van der Waals surface area contributed by atoms with Gasteiger partial charge in [-0.2, -0.15) is 0 Å². The number of anilines is 1. The van der Waals surface area contributed by atoms with E-state index in [1.807, 2.05) is 24.2 Å². The van der Waals surface area contributed by atoms with Gasteiger partial charge in [-0.3, -0.25) is 9.78 Å². The number of carbonyl (C=O) groups excluding carboxylic acids is 1. The van der Waals surface area contributed by atoms with E-state index < -0.39 is 0 Å². The predicted molar refractivity (Wildman–Crippen MR) is 112 cm³/mol. The highest BCUT2D eigenvalue weighted by molar-refractivity contribution is 7.09. The first-order valence-electron chi connectivity index (χ1n) is 9.49. The minimum atomic E-state index is 0.0525. The summed E-state index contributed by atoms with van der Waals surface area (Å²) in [6.07, 6.45) is 3.88. The van der Waals surface area contributed by atoms with Gasteiger partial charge in [0, 0.05) is 42.3 Å². The number of amides is 1. The van der Waals surface area contributed by atoms with Gasteiger partial charge in [-0.25, -0.2) is 0 Å². The van der Waals surface area contributed by atoms with Gasteiger partial charge in [0.1, 0.15) is 0 Å². The summed E-state index contributed by atoms with van der Waals surface area (Å²) in [6.45, 7) is 4.58. The van der Waals surface area contributed by atoms with Gasteiger partial charge in [-0.15, -0.1) is 11.3 Å². The number of pyridine rings is 1. The van der Waals surface area contributed by atoms with Crippen molar-refractivity contribution in [1.82, 2.24) is 9.88 Å². The number of hydrogen-bond donors (Lipinski definition) is 0. The van der Waals surface area contributed by atoms with Crippen LogP contribution in [0.2, 0.25) is 0 Å². The Morgan fingerprint density at radius 1 is 1.33 bits per heavy atom. The van der Waals surface area contributed by atoms with E-state index in [2.05, 4.69) is 52.5 Å². The Labute approximate surface area is 164 Å². The smallest absolute Gasteiger partial charge is 0.227 e. The molecule has 4 nitrogen and oxygen atoms in total. The molecule has 1 amide bonds. The van der Waals surface area contributed by atoms with Crippen molar-refractivity contribution < 1.29 is 4.79 Å². The average Bonchev–Trinajstić information content (AvgIpc) is 3.20. The molecular weight excluding hydrogens is 354 g/mol.